The fourth-order valence-electron chi connectivity index (χ4n) is 2.22. The van der Waals surface area contributed by atoms with Crippen LogP contribution in [0.2, 0.25) is 0 Å². The number of carbonyl (C=O) groups excluding carboxylic acids is 1. The monoisotopic (exact) mass is 251 g/mol. The Hall–Kier alpha value is -1.69. The summed E-state index contributed by atoms with van der Waals surface area (Å²) in [7, 11) is 0. The van der Waals surface area contributed by atoms with Gasteiger partial charge in [-0.05, 0) is 25.2 Å². The maximum absolute atomic E-state index is 11.9. The summed E-state index contributed by atoms with van der Waals surface area (Å²) in [5.74, 6) is 0.0381. The van der Waals surface area contributed by atoms with E-state index in [0.717, 1.165) is 25.5 Å². The van der Waals surface area contributed by atoms with Crippen LogP contribution in [0.1, 0.15) is 36.7 Å². The van der Waals surface area contributed by atoms with Gasteiger partial charge in [-0.1, -0.05) is 6.92 Å². The van der Waals surface area contributed by atoms with Crippen LogP contribution in [0.15, 0.2) is 17.2 Å². The SMILES string of the molecule is CC[C@@H](NC(=O)c1c[nH]c(=O)cn1)C1CC(O)C1. The molecule has 0 bridgehead atoms. The minimum Gasteiger partial charge on any atom is -0.393 e. The Morgan fingerprint density at radius 1 is 1.67 bits per heavy atom. The summed E-state index contributed by atoms with van der Waals surface area (Å²) in [6.07, 6.45) is 4.44. The third kappa shape index (κ3) is 2.76. The average molecular weight is 251 g/mol. The van der Waals surface area contributed by atoms with Gasteiger partial charge in [-0.2, -0.15) is 0 Å². The molecule has 0 unspecified atom stereocenters. The van der Waals surface area contributed by atoms with Crippen LogP contribution in [0.25, 0.3) is 0 Å². The summed E-state index contributed by atoms with van der Waals surface area (Å²) in [4.78, 5) is 28.9. The summed E-state index contributed by atoms with van der Waals surface area (Å²) in [6, 6.07) is 0.0506. The summed E-state index contributed by atoms with van der Waals surface area (Å²) < 4.78 is 0. The molecule has 1 amide bonds. The van der Waals surface area contributed by atoms with Crippen molar-refractivity contribution in [2.24, 2.45) is 5.92 Å². The molecule has 6 heteroatoms. The van der Waals surface area contributed by atoms with E-state index in [1.807, 2.05) is 6.92 Å². The first-order valence-corrected chi connectivity index (χ1v) is 6.13. The molecule has 1 aromatic heterocycles. The lowest BCUT2D eigenvalue weighted by Gasteiger charge is -2.37. The Morgan fingerprint density at radius 2 is 2.39 bits per heavy atom. The van der Waals surface area contributed by atoms with Crippen LogP contribution in [0.5, 0.6) is 0 Å². The van der Waals surface area contributed by atoms with Crippen molar-refractivity contribution in [2.75, 3.05) is 0 Å². The predicted octanol–water partition coefficient (Wildman–Crippen LogP) is 0.0492. The molecule has 0 aromatic carbocycles. The van der Waals surface area contributed by atoms with Gasteiger partial charge >= 0.3 is 0 Å². The van der Waals surface area contributed by atoms with E-state index in [1.54, 1.807) is 0 Å². The zero-order chi connectivity index (χ0) is 13.1. The van der Waals surface area contributed by atoms with Crippen molar-refractivity contribution < 1.29 is 9.90 Å². The van der Waals surface area contributed by atoms with Crippen LogP contribution in [0, 0.1) is 5.92 Å². The molecule has 0 saturated heterocycles. The van der Waals surface area contributed by atoms with Crippen molar-refractivity contribution in [1.82, 2.24) is 15.3 Å². The second-order valence-electron chi connectivity index (χ2n) is 4.67. The maximum Gasteiger partial charge on any atom is 0.271 e. The molecule has 0 spiro atoms. The summed E-state index contributed by atoms with van der Waals surface area (Å²) in [6.45, 7) is 2.00. The first-order chi connectivity index (χ1) is 8.60. The van der Waals surface area contributed by atoms with E-state index in [0.29, 0.717) is 5.92 Å². The van der Waals surface area contributed by atoms with E-state index in [2.05, 4.69) is 15.3 Å². The highest BCUT2D eigenvalue weighted by atomic mass is 16.3. The first-order valence-electron chi connectivity index (χ1n) is 6.13. The van der Waals surface area contributed by atoms with Gasteiger partial charge in [-0.15, -0.1) is 0 Å². The van der Waals surface area contributed by atoms with E-state index in [9.17, 15) is 14.7 Å². The number of aromatic amines is 1. The van der Waals surface area contributed by atoms with Crippen molar-refractivity contribution in [1.29, 1.82) is 0 Å². The van der Waals surface area contributed by atoms with Gasteiger partial charge in [0.1, 0.15) is 5.69 Å². The standard InChI is InChI=1S/C12H17N3O3/c1-2-9(7-3-8(16)4-7)15-12(18)10-5-14-11(17)6-13-10/h5-9,16H,2-4H2,1H3,(H,14,17)(H,15,18)/t7?,8?,9-/m1/s1. The smallest absolute Gasteiger partial charge is 0.271 e. The van der Waals surface area contributed by atoms with Crippen molar-refractivity contribution in [3.05, 3.63) is 28.4 Å². The van der Waals surface area contributed by atoms with Gasteiger partial charge in [-0.3, -0.25) is 9.59 Å². The van der Waals surface area contributed by atoms with Gasteiger partial charge < -0.3 is 15.4 Å². The topological polar surface area (TPSA) is 95.1 Å². The summed E-state index contributed by atoms with van der Waals surface area (Å²) >= 11 is 0. The highest BCUT2D eigenvalue weighted by molar-refractivity contribution is 5.92. The number of rotatable bonds is 4. The van der Waals surface area contributed by atoms with Crippen molar-refractivity contribution in [2.45, 2.75) is 38.3 Å². The molecule has 0 radical (unpaired) electrons. The third-order valence-corrected chi connectivity index (χ3v) is 3.38. The van der Waals surface area contributed by atoms with Gasteiger partial charge in [0, 0.05) is 12.2 Å². The average Bonchev–Trinajstić information content (AvgIpc) is 2.33. The molecule has 0 aliphatic heterocycles. The molecule has 3 N–H and O–H groups in total. The van der Waals surface area contributed by atoms with E-state index >= 15 is 0 Å². The minimum absolute atomic E-state index is 0.0506. The number of nitrogens with one attached hydrogen (secondary N) is 2. The molecule has 18 heavy (non-hydrogen) atoms. The molecule has 1 saturated carbocycles. The van der Waals surface area contributed by atoms with Crippen LogP contribution >= 0.6 is 0 Å². The van der Waals surface area contributed by atoms with E-state index < -0.39 is 0 Å². The molecule has 2 rings (SSSR count). The van der Waals surface area contributed by atoms with Crippen LogP contribution in [-0.2, 0) is 0 Å². The fourth-order valence-corrected chi connectivity index (χ4v) is 2.22. The van der Waals surface area contributed by atoms with Crippen molar-refractivity contribution >= 4 is 5.91 Å². The van der Waals surface area contributed by atoms with E-state index in [4.69, 9.17) is 0 Å². The largest absolute Gasteiger partial charge is 0.393 e. The molecule has 1 atom stereocenters. The lowest BCUT2D eigenvalue weighted by atomic mass is 9.76. The van der Waals surface area contributed by atoms with Crippen LogP contribution in [-0.4, -0.2) is 33.1 Å². The fraction of sp³-hybridized carbons (Fsp3) is 0.583. The third-order valence-electron chi connectivity index (χ3n) is 3.38. The molecule has 6 nitrogen and oxygen atoms in total. The van der Waals surface area contributed by atoms with Crippen LogP contribution < -0.4 is 10.9 Å². The van der Waals surface area contributed by atoms with E-state index in [-0.39, 0.29) is 29.3 Å². The highest BCUT2D eigenvalue weighted by Gasteiger charge is 2.33. The summed E-state index contributed by atoms with van der Waals surface area (Å²) in [5.41, 5.74) is -0.131. The lowest BCUT2D eigenvalue weighted by molar-refractivity contribution is 0.0232. The number of carbonyl (C=O) groups is 1. The van der Waals surface area contributed by atoms with Gasteiger partial charge in [0.25, 0.3) is 11.5 Å². The number of nitrogens with zero attached hydrogens (tertiary/aromatic N) is 1. The Bertz CT molecular complexity index is 459. The van der Waals surface area contributed by atoms with Gasteiger partial charge in [0.15, 0.2) is 0 Å². The summed E-state index contributed by atoms with van der Waals surface area (Å²) in [5, 5.41) is 12.2. The number of hydrogen-bond acceptors (Lipinski definition) is 4. The molecule has 1 aliphatic carbocycles. The number of H-pyrrole nitrogens is 1. The Labute approximate surface area is 104 Å². The van der Waals surface area contributed by atoms with E-state index in [1.165, 1.54) is 6.20 Å². The second-order valence-corrected chi connectivity index (χ2v) is 4.67. The van der Waals surface area contributed by atoms with Crippen LogP contribution in [0.3, 0.4) is 0 Å². The second kappa shape index (κ2) is 5.30. The number of aromatic nitrogens is 2. The minimum atomic E-state index is -0.333. The van der Waals surface area contributed by atoms with Gasteiger partial charge in [0.2, 0.25) is 0 Å². The van der Waals surface area contributed by atoms with Gasteiger partial charge in [0.05, 0.1) is 12.3 Å². The maximum atomic E-state index is 11.9. The molecule has 1 aromatic rings. The van der Waals surface area contributed by atoms with Crippen LogP contribution in [0.4, 0.5) is 0 Å². The molecule has 1 fully saturated rings. The highest BCUT2D eigenvalue weighted by Crippen LogP contribution is 2.31. The number of aliphatic hydroxyl groups excluding tert-OH is 1. The van der Waals surface area contributed by atoms with Gasteiger partial charge in [-0.25, -0.2) is 4.98 Å². The quantitative estimate of drug-likeness (QED) is 0.704. The molecular formula is C12H17N3O3. The molecule has 1 aliphatic rings. The zero-order valence-electron chi connectivity index (χ0n) is 10.2. The predicted molar refractivity (Wildman–Crippen MR) is 65.1 cm³/mol. The Morgan fingerprint density at radius 3 is 2.89 bits per heavy atom. The first kappa shape index (κ1) is 12.8. The zero-order valence-corrected chi connectivity index (χ0v) is 10.2. The number of aliphatic hydroxyl groups is 1. The van der Waals surface area contributed by atoms with Crippen molar-refractivity contribution in [3.63, 3.8) is 0 Å². The Balaban J connectivity index is 1.97. The Kier molecular flexibility index (Phi) is 3.76. The molecule has 1 heterocycles. The molecule has 98 valence electrons. The lowest BCUT2D eigenvalue weighted by Crippen LogP contribution is -2.46. The number of hydrogen-bond donors (Lipinski definition) is 3. The van der Waals surface area contributed by atoms with Crippen molar-refractivity contribution in [3.8, 4) is 0 Å². The number of amides is 1. The normalized spacial score (nSPS) is 24.1. The molecular weight excluding hydrogens is 234 g/mol.